The molecular formula is C21H22FN3O3. The quantitative estimate of drug-likeness (QED) is 0.708. The van der Waals surface area contributed by atoms with Crippen LogP contribution in [0.5, 0.6) is 0 Å². The van der Waals surface area contributed by atoms with Crippen molar-refractivity contribution in [2.24, 2.45) is 0 Å². The maximum absolute atomic E-state index is 14.1. The second kappa shape index (κ2) is 8.31. The Balaban J connectivity index is 1.42. The predicted octanol–water partition coefficient (Wildman–Crippen LogP) is 3.31. The molecule has 0 unspecified atom stereocenters. The molecule has 1 fully saturated rings. The number of piperazine rings is 1. The Morgan fingerprint density at radius 1 is 1.00 bits per heavy atom. The number of hydrogen-bond donors (Lipinski definition) is 1. The largest absolute Gasteiger partial charge is 0.468 e. The first-order chi connectivity index (χ1) is 13.7. The number of furan rings is 2. The van der Waals surface area contributed by atoms with Crippen molar-refractivity contribution in [3.05, 3.63) is 78.4 Å². The standard InChI is InChI=1S/C21H22FN3O3/c22-16-5-1-2-6-17(16)24-9-11-25(12-10-24)18(19-7-3-13-27-19)15-23-21(26)20-8-4-14-28-20/h1-8,13-14,18H,9-12,15H2,(H,23,26)/t18-/m1/s1. The zero-order valence-corrected chi connectivity index (χ0v) is 15.4. The van der Waals surface area contributed by atoms with Gasteiger partial charge in [-0.25, -0.2) is 4.39 Å². The third-order valence-electron chi connectivity index (χ3n) is 5.02. The number of hydrogen-bond acceptors (Lipinski definition) is 5. The van der Waals surface area contributed by atoms with Crippen LogP contribution in [-0.4, -0.2) is 43.5 Å². The van der Waals surface area contributed by atoms with Gasteiger partial charge in [-0.1, -0.05) is 12.1 Å². The van der Waals surface area contributed by atoms with Crippen LogP contribution >= 0.6 is 0 Å². The second-order valence-electron chi connectivity index (χ2n) is 6.69. The summed E-state index contributed by atoms with van der Waals surface area (Å²) in [7, 11) is 0. The fourth-order valence-electron chi connectivity index (χ4n) is 3.56. The van der Waals surface area contributed by atoms with Crippen LogP contribution in [0.25, 0.3) is 0 Å². The van der Waals surface area contributed by atoms with Crippen molar-refractivity contribution in [2.45, 2.75) is 6.04 Å². The molecule has 0 bridgehead atoms. The van der Waals surface area contributed by atoms with Crippen molar-refractivity contribution in [3.8, 4) is 0 Å². The number of carbonyl (C=O) groups excluding carboxylic acids is 1. The van der Waals surface area contributed by atoms with Gasteiger partial charge in [-0.15, -0.1) is 0 Å². The number of nitrogens with one attached hydrogen (secondary N) is 1. The first-order valence-corrected chi connectivity index (χ1v) is 9.31. The van der Waals surface area contributed by atoms with Gasteiger partial charge < -0.3 is 19.1 Å². The smallest absolute Gasteiger partial charge is 0.287 e. The molecule has 0 spiro atoms. The molecule has 4 rings (SSSR count). The molecule has 28 heavy (non-hydrogen) atoms. The summed E-state index contributed by atoms with van der Waals surface area (Å²) in [5.74, 6) is 0.609. The van der Waals surface area contributed by atoms with Crippen LogP contribution in [0.4, 0.5) is 10.1 Å². The Kier molecular flexibility index (Phi) is 5.43. The number of nitrogens with zero attached hydrogens (tertiary/aromatic N) is 2. The summed E-state index contributed by atoms with van der Waals surface area (Å²) in [6.07, 6.45) is 3.10. The van der Waals surface area contributed by atoms with Crippen LogP contribution in [0.1, 0.15) is 22.4 Å². The molecule has 6 nitrogen and oxygen atoms in total. The lowest BCUT2D eigenvalue weighted by Gasteiger charge is -2.39. The highest BCUT2D eigenvalue weighted by molar-refractivity contribution is 5.91. The average Bonchev–Trinajstić information content (AvgIpc) is 3.43. The maximum Gasteiger partial charge on any atom is 0.287 e. The maximum atomic E-state index is 14.1. The Hall–Kier alpha value is -3.06. The lowest BCUT2D eigenvalue weighted by molar-refractivity contribution is 0.0895. The molecule has 146 valence electrons. The van der Waals surface area contributed by atoms with Crippen LogP contribution in [0, 0.1) is 5.82 Å². The molecule has 0 radical (unpaired) electrons. The molecule has 0 aliphatic carbocycles. The summed E-state index contributed by atoms with van der Waals surface area (Å²) in [4.78, 5) is 16.5. The number of halogens is 1. The Morgan fingerprint density at radius 2 is 1.75 bits per heavy atom. The molecule has 1 N–H and O–H groups in total. The Bertz CT molecular complexity index is 888. The fourth-order valence-corrected chi connectivity index (χ4v) is 3.56. The molecule has 7 heteroatoms. The SMILES string of the molecule is O=C(NC[C@H](c1ccco1)N1CCN(c2ccccc2F)CC1)c1ccco1. The molecule has 1 aliphatic heterocycles. The van der Waals surface area contributed by atoms with Crippen LogP contribution in [0.15, 0.2) is 69.9 Å². The van der Waals surface area contributed by atoms with Crippen LogP contribution in [0.3, 0.4) is 0 Å². The summed E-state index contributed by atoms with van der Waals surface area (Å²) < 4.78 is 24.8. The minimum absolute atomic E-state index is 0.100. The molecule has 1 atom stereocenters. The van der Waals surface area contributed by atoms with Crippen LogP contribution in [-0.2, 0) is 0 Å². The molecule has 3 aromatic rings. The number of carbonyl (C=O) groups is 1. The lowest BCUT2D eigenvalue weighted by Crippen LogP contribution is -2.50. The summed E-state index contributed by atoms with van der Waals surface area (Å²) in [5.41, 5.74) is 0.628. The lowest BCUT2D eigenvalue weighted by atomic mass is 10.1. The van der Waals surface area contributed by atoms with E-state index in [1.165, 1.54) is 12.3 Å². The van der Waals surface area contributed by atoms with E-state index in [2.05, 4.69) is 10.2 Å². The summed E-state index contributed by atoms with van der Waals surface area (Å²) in [6.45, 7) is 3.26. The summed E-state index contributed by atoms with van der Waals surface area (Å²) in [5, 5.41) is 2.91. The summed E-state index contributed by atoms with van der Waals surface area (Å²) >= 11 is 0. The van der Waals surface area contributed by atoms with Gasteiger partial charge in [0.2, 0.25) is 0 Å². The first kappa shape index (κ1) is 18.3. The van der Waals surface area contributed by atoms with Gasteiger partial charge in [-0.05, 0) is 36.4 Å². The zero-order valence-electron chi connectivity index (χ0n) is 15.4. The van der Waals surface area contributed by atoms with Gasteiger partial charge >= 0.3 is 0 Å². The van der Waals surface area contributed by atoms with Crippen molar-refractivity contribution < 1.29 is 18.0 Å². The van der Waals surface area contributed by atoms with Crippen LogP contribution < -0.4 is 10.2 Å². The average molecular weight is 383 g/mol. The van der Waals surface area contributed by atoms with Gasteiger partial charge in [-0.3, -0.25) is 9.69 Å². The van der Waals surface area contributed by atoms with Crippen molar-refractivity contribution >= 4 is 11.6 Å². The molecule has 2 aromatic heterocycles. The number of rotatable bonds is 6. The van der Waals surface area contributed by atoms with E-state index < -0.39 is 0 Å². The van der Waals surface area contributed by atoms with E-state index in [1.807, 2.05) is 23.1 Å². The number of anilines is 1. The molecule has 1 amide bonds. The minimum Gasteiger partial charge on any atom is -0.468 e. The molecule has 0 saturated carbocycles. The Labute approximate surface area is 162 Å². The number of benzene rings is 1. The van der Waals surface area contributed by atoms with Crippen LogP contribution in [0.2, 0.25) is 0 Å². The second-order valence-corrected chi connectivity index (χ2v) is 6.69. The molecule has 3 heterocycles. The highest BCUT2D eigenvalue weighted by atomic mass is 19.1. The minimum atomic E-state index is -0.258. The van der Waals surface area contributed by atoms with Gasteiger partial charge in [-0.2, -0.15) is 0 Å². The normalized spacial score (nSPS) is 16.1. The van der Waals surface area contributed by atoms with Crippen molar-refractivity contribution in [2.75, 3.05) is 37.6 Å². The molecule has 1 saturated heterocycles. The van der Waals surface area contributed by atoms with E-state index in [1.54, 1.807) is 30.5 Å². The van der Waals surface area contributed by atoms with E-state index in [0.717, 1.165) is 18.8 Å². The monoisotopic (exact) mass is 383 g/mol. The van der Waals surface area contributed by atoms with E-state index in [4.69, 9.17) is 8.83 Å². The first-order valence-electron chi connectivity index (χ1n) is 9.31. The van der Waals surface area contributed by atoms with Gasteiger partial charge in [0.25, 0.3) is 5.91 Å². The Morgan fingerprint density at radius 3 is 2.43 bits per heavy atom. The fraction of sp³-hybridized carbons (Fsp3) is 0.286. The van der Waals surface area contributed by atoms with Crippen molar-refractivity contribution in [3.63, 3.8) is 0 Å². The van der Waals surface area contributed by atoms with Gasteiger partial charge in [0, 0.05) is 32.7 Å². The number of amides is 1. The van der Waals surface area contributed by atoms with E-state index in [-0.39, 0.29) is 23.5 Å². The van der Waals surface area contributed by atoms with E-state index in [9.17, 15) is 9.18 Å². The van der Waals surface area contributed by atoms with E-state index >= 15 is 0 Å². The third kappa shape index (κ3) is 3.94. The van der Waals surface area contributed by atoms with E-state index in [0.29, 0.717) is 25.3 Å². The summed E-state index contributed by atoms with van der Waals surface area (Å²) in [6, 6.07) is 13.8. The highest BCUT2D eigenvalue weighted by Crippen LogP contribution is 2.25. The van der Waals surface area contributed by atoms with Gasteiger partial charge in [0.15, 0.2) is 5.76 Å². The molecular weight excluding hydrogens is 361 g/mol. The van der Waals surface area contributed by atoms with Gasteiger partial charge in [0.1, 0.15) is 11.6 Å². The molecule has 1 aromatic carbocycles. The molecule has 1 aliphatic rings. The highest BCUT2D eigenvalue weighted by Gasteiger charge is 2.28. The van der Waals surface area contributed by atoms with Gasteiger partial charge in [0.05, 0.1) is 24.3 Å². The third-order valence-corrected chi connectivity index (χ3v) is 5.02. The predicted molar refractivity (Wildman–Crippen MR) is 103 cm³/mol. The zero-order chi connectivity index (χ0) is 19.3. The van der Waals surface area contributed by atoms with Crippen molar-refractivity contribution in [1.82, 2.24) is 10.2 Å². The van der Waals surface area contributed by atoms with Crippen molar-refractivity contribution in [1.29, 1.82) is 0 Å². The number of para-hydroxylation sites is 1. The topological polar surface area (TPSA) is 61.9 Å².